The largest absolute Gasteiger partial charge is 0.256 e. The van der Waals surface area contributed by atoms with Crippen molar-refractivity contribution in [1.82, 2.24) is 9.84 Å². The Bertz CT molecular complexity index is 1050. The van der Waals surface area contributed by atoms with E-state index in [0.29, 0.717) is 12.0 Å². The summed E-state index contributed by atoms with van der Waals surface area (Å²) in [4.78, 5) is 0.0974. The van der Waals surface area contributed by atoms with E-state index >= 15 is 0 Å². The molecule has 2 saturated heterocycles. The Morgan fingerprint density at radius 3 is 2.19 bits per heavy atom. The summed E-state index contributed by atoms with van der Waals surface area (Å²) in [5.74, 6) is -0.527. The van der Waals surface area contributed by atoms with Crippen LogP contribution in [0.1, 0.15) is 24.0 Å². The van der Waals surface area contributed by atoms with Gasteiger partial charge in [-0.05, 0) is 43.9 Å². The van der Waals surface area contributed by atoms with Crippen molar-refractivity contribution in [3.05, 3.63) is 29.3 Å². The van der Waals surface area contributed by atoms with Gasteiger partial charge < -0.3 is 0 Å². The molecule has 2 aliphatic heterocycles. The van der Waals surface area contributed by atoms with E-state index in [0.717, 1.165) is 9.98 Å². The van der Waals surface area contributed by atoms with Gasteiger partial charge in [-0.1, -0.05) is 12.1 Å². The van der Waals surface area contributed by atoms with Gasteiger partial charge in [0.05, 0.1) is 33.9 Å². The zero-order valence-corrected chi connectivity index (χ0v) is 17.7. The van der Waals surface area contributed by atoms with Crippen LogP contribution in [0, 0.1) is 13.8 Å². The van der Waals surface area contributed by atoms with Crippen LogP contribution >= 0.6 is 0 Å². The van der Waals surface area contributed by atoms with Gasteiger partial charge in [0, 0.05) is 6.04 Å². The van der Waals surface area contributed by atoms with E-state index in [1.807, 2.05) is 0 Å². The van der Waals surface area contributed by atoms with Gasteiger partial charge in [0.2, 0.25) is 0 Å². The van der Waals surface area contributed by atoms with Crippen molar-refractivity contribution in [3.63, 3.8) is 0 Å². The second-order valence-corrected chi connectivity index (χ2v) is 13.6. The van der Waals surface area contributed by atoms with Crippen LogP contribution in [0.3, 0.4) is 0 Å². The predicted octanol–water partition coefficient (Wildman–Crippen LogP) is 0.173. The number of benzene rings is 1. The first-order valence-electron chi connectivity index (χ1n) is 8.68. The summed E-state index contributed by atoms with van der Waals surface area (Å²) in [5.41, 5.74) is 4.15. The number of sulfonamides is 1. The molecule has 1 aromatic rings. The summed E-state index contributed by atoms with van der Waals surface area (Å²) in [7, 11) is -10.6. The van der Waals surface area contributed by atoms with Gasteiger partial charge in [0.25, 0.3) is 10.0 Å². The van der Waals surface area contributed by atoms with Crippen LogP contribution in [0.15, 0.2) is 23.1 Å². The van der Waals surface area contributed by atoms with Gasteiger partial charge in [-0.2, -0.15) is 0 Å². The normalized spacial score (nSPS) is 27.2. The molecule has 2 atom stereocenters. The number of hydrogen-bond donors (Lipinski definition) is 1. The number of rotatable bonds is 5. The second-order valence-electron chi connectivity index (χ2n) is 7.36. The van der Waals surface area contributed by atoms with Crippen molar-refractivity contribution in [3.8, 4) is 0 Å². The van der Waals surface area contributed by atoms with E-state index in [2.05, 4.69) is 5.43 Å². The highest BCUT2D eigenvalue weighted by molar-refractivity contribution is 7.92. The Hall–Kier alpha value is -1.01. The molecule has 2 aliphatic rings. The first kappa shape index (κ1) is 20.7. The van der Waals surface area contributed by atoms with Crippen LogP contribution in [0.5, 0.6) is 0 Å². The fourth-order valence-corrected chi connectivity index (χ4v) is 8.84. The average Bonchev–Trinajstić information content (AvgIpc) is 3.08. The average molecular weight is 437 g/mol. The maximum absolute atomic E-state index is 13.4. The quantitative estimate of drug-likeness (QED) is 0.654. The molecule has 27 heavy (non-hydrogen) atoms. The number of nitrogens with zero attached hydrogens (tertiary/aromatic N) is 1. The first-order valence-corrected chi connectivity index (χ1v) is 13.8. The molecular formula is C16H24N2O6S3. The molecule has 0 amide bonds. The Kier molecular flexibility index (Phi) is 5.45. The van der Waals surface area contributed by atoms with Gasteiger partial charge >= 0.3 is 0 Å². The molecule has 0 unspecified atom stereocenters. The summed E-state index contributed by atoms with van der Waals surface area (Å²) in [6, 6.07) is 3.73. The zero-order valence-electron chi connectivity index (χ0n) is 15.3. The van der Waals surface area contributed by atoms with E-state index in [1.54, 1.807) is 32.0 Å². The van der Waals surface area contributed by atoms with Crippen molar-refractivity contribution >= 4 is 29.7 Å². The minimum atomic E-state index is -4.05. The van der Waals surface area contributed by atoms with E-state index < -0.39 is 41.8 Å². The third-order valence-corrected chi connectivity index (χ3v) is 10.4. The lowest BCUT2D eigenvalue weighted by Crippen LogP contribution is -2.54. The number of hydrazine groups is 1. The minimum Gasteiger partial charge on any atom is -0.237 e. The van der Waals surface area contributed by atoms with Crippen molar-refractivity contribution in [1.29, 1.82) is 0 Å². The lowest BCUT2D eigenvalue weighted by molar-refractivity contribution is 0.229. The highest BCUT2D eigenvalue weighted by Crippen LogP contribution is 2.27. The van der Waals surface area contributed by atoms with E-state index in [-0.39, 0.29) is 34.3 Å². The smallest absolute Gasteiger partial charge is 0.237 e. The maximum atomic E-state index is 13.4. The predicted molar refractivity (Wildman–Crippen MR) is 102 cm³/mol. The molecule has 1 N–H and O–H groups in total. The molecule has 11 heteroatoms. The molecule has 2 heterocycles. The van der Waals surface area contributed by atoms with Crippen molar-refractivity contribution < 1.29 is 25.3 Å². The number of nitrogens with one attached hydrogen (secondary N) is 1. The first-order chi connectivity index (χ1) is 12.4. The van der Waals surface area contributed by atoms with Gasteiger partial charge in [-0.3, -0.25) is 0 Å². The van der Waals surface area contributed by atoms with Crippen molar-refractivity contribution in [2.24, 2.45) is 0 Å². The molecular weight excluding hydrogens is 412 g/mol. The van der Waals surface area contributed by atoms with Crippen molar-refractivity contribution in [2.75, 3.05) is 23.0 Å². The lowest BCUT2D eigenvalue weighted by Gasteiger charge is -2.31. The summed E-state index contributed by atoms with van der Waals surface area (Å²) < 4.78 is 75.1. The summed E-state index contributed by atoms with van der Waals surface area (Å²) in [5, 5.41) is 0. The van der Waals surface area contributed by atoms with Gasteiger partial charge in [-0.25, -0.2) is 30.7 Å². The zero-order chi connectivity index (χ0) is 20.0. The molecule has 1 aromatic carbocycles. The van der Waals surface area contributed by atoms with Crippen LogP contribution in [0.4, 0.5) is 0 Å². The Morgan fingerprint density at radius 2 is 1.63 bits per heavy atom. The minimum absolute atomic E-state index is 0.00894. The topological polar surface area (TPSA) is 118 Å². The molecule has 0 saturated carbocycles. The molecule has 152 valence electrons. The summed E-state index contributed by atoms with van der Waals surface area (Å²) in [6.07, 6.45) is 0.472. The highest BCUT2D eigenvalue weighted by atomic mass is 32.2. The third-order valence-electron chi connectivity index (χ3n) is 4.96. The number of aryl methyl sites for hydroxylation is 2. The standard InChI is InChI=1S/C16H24N2O6S3/c1-12-3-4-13(2)16(9-12)27(23,24)18(15-6-8-26(21,22)11-15)17-14-5-7-25(19,20)10-14/h3-4,9,14-15,17H,5-8,10-11H2,1-2H3/t14-,15-/m1/s1. The van der Waals surface area contributed by atoms with Crippen molar-refractivity contribution in [2.45, 2.75) is 43.7 Å². The Labute approximate surface area is 160 Å². The van der Waals surface area contributed by atoms with Gasteiger partial charge in [0.1, 0.15) is 0 Å². The third kappa shape index (κ3) is 4.53. The second kappa shape index (κ2) is 7.11. The van der Waals surface area contributed by atoms with E-state index in [9.17, 15) is 25.3 Å². The van der Waals surface area contributed by atoms with Gasteiger partial charge in [0.15, 0.2) is 19.7 Å². The molecule has 2 fully saturated rings. The monoisotopic (exact) mass is 436 g/mol. The highest BCUT2D eigenvalue weighted by Gasteiger charge is 2.42. The molecule has 0 aliphatic carbocycles. The van der Waals surface area contributed by atoms with Crippen LogP contribution in [-0.4, -0.2) is 64.8 Å². The number of sulfone groups is 2. The maximum Gasteiger partial charge on any atom is 0.256 e. The SMILES string of the molecule is Cc1ccc(C)c(S(=O)(=O)N(N[C@@H]2CCS(=O)(=O)C2)[C@@H]2CCS(=O)(=O)C2)c1. The molecule has 8 nitrogen and oxygen atoms in total. The lowest BCUT2D eigenvalue weighted by atomic mass is 10.2. The van der Waals surface area contributed by atoms with E-state index in [1.165, 1.54) is 0 Å². The van der Waals surface area contributed by atoms with Gasteiger partial charge in [-0.15, -0.1) is 4.41 Å². The fourth-order valence-electron chi connectivity index (χ4n) is 3.50. The number of hydrogen-bond acceptors (Lipinski definition) is 7. The molecule has 0 bridgehead atoms. The summed E-state index contributed by atoms with van der Waals surface area (Å²) >= 11 is 0. The van der Waals surface area contributed by atoms with Crippen LogP contribution < -0.4 is 5.43 Å². The summed E-state index contributed by atoms with van der Waals surface area (Å²) in [6.45, 7) is 3.45. The van der Waals surface area contributed by atoms with Crippen LogP contribution in [0.2, 0.25) is 0 Å². The molecule has 3 rings (SSSR count). The Balaban J connectivity index is 1.99. The van der Waals surface area contributed by atoms with Crippen LogP contribution in [-0.2, 0) is 29.7 Å². The molecule has 0 radical (unpaired) electrons. The fraction of sp³-hybridized carbons (Fsp3) is 0.625. The molecule has 0 aromatic heterocycles. The van der Waals surface area contributed by atoms with Crippen LogP contribution in [0.25, 0.3) is 0 Å². The molecule has 0 spiro atoms. The Morgan fingerprint density at radius 1 is 1.00 bits per heavy atom. The van der Waals surface area contributed by atoms with E-state index in [4.69, 9.17) is 0 Å².